The summed E-state index contributed by atoms with van der Waals surface area (Å²) in [6.45, 7) is 0.795. The van der Waals surface area contributed by atoms with Crippen LogP contribution in [0.5, 0.6) is 5.75 Å². The fraction of sp³-hybridized carbons (Fsp3) is 0.158. The Bertz CT molecular complexity index is 1010. The summed E-state index contributed by atoms with van der Waals surface area (Å²) >= 11 is 5.94. The lowest BCUT2D eigenvalue weighted by molar-refractivity contribution is -0.384. The van der Waals surface area contributed by atoms with Crippen molar-refractivity contribution in [2.24, 2.45) is 0 Å². The summed E-state index contributed by atoms with van der Waals surface area (Å²) in [5.74, 6) is 0.695. The summed E-state index contributed by atoms with van der Waals surface area (Å²) in [6, 6.07) is 12.9. The van der Waals surface area contributed by atoms with Crippen LogP contribution in [0.15, 0.2) is 54.7 Å². The van der Waals surface area contributed by atoms with Crippen LogP contribution >= 0.6 is 11.6 Å². The third-order valence-electron chi connectivity index (χ3n) is 3.87. The summed E-state index contributed by atoms with van der Waals surface area (Å²) in [5.41, 5.74) is 0.947. The summed E-state index contributed by atoms with van der Waals surface area (Å²) in [5, 5.41) is 17.0. The molecule has 9 heteroatoms. The Morgan fingerprint density at radius 1 is 1.21 bits per heavy atom. The Balaban J connectivity index is 1.44. The number of amides is 2. The van der Waals surface area contributed by atoms with Gasteiger partial charge in [-0.05, 0) is 24.6 Å². The maximum atomic E-state index is 11.9. The van der Waals surface area contributed by atoms with Gasteiger partial charge in [-0.15, -0.1) is 0 Å². The van der Waals surface area contributed by atoms with Gasteiger partial charge in [-0.3, -0.25) is 15.1 Å². The molecule has 0 radical (unpaired) electrons. The summed E-state index contributed by atoms with van der Waals surface area (Å²) in [4.78, 5) is 26.4. The highest BCUT2D eigenvalue weighted by molar-refractivity contribution is 6.33. The van der Waals surface area contributed by atoms with Gasteiger partial charge in [-0.1, -0.05) is 29.8 Å². The Kier molecular flexibility index (Phi) is 6.23. The molecule has 2 aromatic carbocycles. The fourth-order valence-electron chi connectivity index (χ4n) is 2.53. The molecule has 0 atom stereocenters. The van der Waals surface area contributed by atoms with Crippen LogP contribution in [0, 0.1) is 10.1 Å². The van der Waals surface area contributed by atoms with Crippen molar-refractivity contribution >= 4 is 39.9 Å². The smallest absolute Gasteiger partial charge is 0.319 e. The molecule has 0 unspecified atom stereocenters. The van der Waals surface area contributed by atoms with Crippen molar-refractivity contribution in [3.05, 3.63) is 69.9 Å². The first-order valence-corrected chi connectivity index (χ1v) is 8.88. The van der Waals surface area contributed by atoms with E-state index in [2.05, 4.69) is 15.6 Å². The fourth-order valence-corrected chi connectivity index (χ4v) is 2.76. The molecule has 0 bridgehead atoms. The normalized spacial score (nSPS) is 10.5. The molecule has 2 amide bonds. The first kappa shape index (κ1) is 19.4. The number of halogens is 1. The monoisotopic (exact) mass is 400 g/mol. The summed E-state index contributed by atoms with van der Waals surface area (Å²) in [6.07, 6.45) is 2.30. The maximum absolute atomic E-state index is 11.9. The number of hydrogen-bond acceptors (Lipinski definition) is 5. The second kappa shape index (κ2) is 9.01. The van der Waals surface area contributed by atoms with Gasteiger partial charge in [0.1, 0.15) is 11.3 Å². The zero-order valence-electron chi connectivity index (χ0n) is 14.7. The van der Waals surface area contributed by atoms with Gasteiger partial charge in [0.05, 0.1) is 22.2 Å². The van der Waals surface area contributed by atoms with E-state index in [9.17, 15) is 14.9 Å². The van der Waals surface area contributed by atoms with Crippen LogP contribution in [0.4, 0.5) is 16.2 Å². The summed E-state index contributed by atoms with van der Waals surface area (Å²) < 4.78 is 5.75. The molecule has 0 aliphatic heterocycles. The molecule has 0 aliphatic carbocycles. The van der Waals surface area contributed by atoms with E-state index in [0.29, 0.717) is 31.0 Å². The molecule has 3 rings (SSSR count). The van der Waals surface area contributed by atoms with Crippen molar-refractivity contribution in [3.63, 3.8) is 0 Å². The molecule has 0 aliphatic rings. The van der Waals surface area contributed by atoms with E-state index in [1.54, 1.807) is 6.20 Å². The Labute approximate surface area is 165 Å². The average molecular weight is 401 g/mol. The minimum absolute atomic E-state index is 0.0936. The first-order chi connectivity index (χ1) is 13.5. The molecule has 28 heavy (non-hydrogen) atoms. The standard InChI is InChI=1S/C19H17ClN4O4/c20-15-12-14(24(26)27)7-8-16(15)23-19(25)22-10-3-11-28-17-6-1-4-13-5-2-9-21-18(13)17/h1-2,4-9,12H,3,10-11H2,(H2,22,23,25). The number of ether oxygens (including phenoxy) is 1. The average Bonchev–Trinajstić information content (AvgIpc) is 2.69. The van der Waals surface area contributed by atoms with Crippen LogP contribution in [-0.2, 0) is 0 Å². The predicted octanol–water partition coefficient (Wildman–Crippen LogP) is 4.39. The number of aromatic nitrogens is 1. The van der Waals surface area contributed by atoms with Crippen molar-refractivity contribution in [1.82, 2.24) is 10.3 Å². The van der Waals surface area contributed by atoms with E-state index in [-0.39, 0.29) is 10.7 Å². The number of urea groups is 1. The number of non-ortho nitro benzene ring substituents is 1. The molecular weight excluding hydrogens is 384 g/mol. The molecular formula is C19H17ClN4O4. The second-order valence-electron chi connectivity index (χ2n) is 5.84. The van der Waals surface area contributed by atoms with E-state index < -0.39 is 11.0 Å². The third kappa shape index (κ3) is 4.86. The number of nitro groups is 1. The van der Waals surface area contributed by atoms with Crippen LogP contribution < -0.4 is 15.4 Å². The number of nitrogens with zero attached hydrogens (tertiary/aromatic N) is 2. The van der Waals surface area contributed by atoms with Gasteiger partial charge in [-0.2, -0.15) is 0 Å². The minimum Gasteiger partial charge on any atom is -0.491 e. The van der Waals surface area contributed by atoms with Crippen molar-refractivity contribution in [1.29, 1.82) is 0 Å². The van der Waals surface area contributed by atoms with E-state index in [1.807, 2.05) is 30.3 Å². The van der Waals surface area contributed by atoms with E-state index >= 15 is 0 Å². The summed E-state index contributed by atoms with van der Waals surface area (Å²) in [7, 11) is 0. The highest BCUT2D eigenvalue weighted by atomic mass is 35.5. The van der Waals surface area contributed by atoms with Crippen molar-refractivity contribution in [3.8, 4) is 5.75 Å². The molecule has 1 aromatic heterocycles. The van der Waals surface area contributed by atoms with Gasteiger partial charge >= 0.3 is 6.03 Å². The molecule has 2 N–H and O–H groups in total. The quantitative estimate of drug-likeness (QED) is 0.347. The number of carbonyl (C=O) groups is 1. The Morgan fingerprint density at radius 2 is 2.04 bits per heavy atom. The van der Waals surface area contributed by atoms with Crippen LogP contribution in [0.2, 0.25) is 5.02 Å². The highest BCUT2D eigenvalue weighted by Crippen LogP contribution is 2.26. The molecule has 0 saturated heterocycles. The molecule has 8 nitrogen and oxygen atoms in total. The lowest BCUT2D eigenvalue weighted by Gasteiger charge is -2.10. The van der Waals surface area contributed by atoms with Gasteiger partial charge in [0, 0.05) is 30.3 Å². The number of anilines is 1. The van der Waals surface area contributed by atoms with Gasteiger partial charge < -0.3 is 15.4 Å². The van der Waals surface area contributed by atoms with Gasteiger partial charge in [0.15, 0.2) is 0 Å². The molecule has 144 valence electrons. The maximum Gasteiger partial charge on any atom is 0.319 e. The zero-order valence-corrected chi connectivity index (χ0v) is 15.5. The van der Waals surface area contributed by atoms with Crippen LogP contribution in [0.1, 0.15) is 6.42 Å². The number of hydrogen-bond donors (Lipinski definition) is 2. The van der Waals surface area contributed by atoms with Crippen molar-refractivity contribution in [2.45, 2.75) is 6.42 Å². The second-order valence-corrected chi connectivity index (χ2v) is 6.24. The number of rotatable bonds is 7. The number of pyridine rings is 1. The molecule has 3 aromatic rings. The highest BCUT2D eigenvalue weighted by Gasteiger charge is 2.11. The van der Waals surface area contributed by atoms with Crippen LogP contribution in [0.25, 0.3) is 10.9 Å². The lowest BCUT2D eigenvalue weighted by Crippen LogP contribution is -2.30. The number of benzene rings is 2. The Morgan fingerprint density at radius 3 is 2.82 bits per heavy atom. The van der Waals surface area contributed by atoms with Gasteiger partial charge in [0.25, 0.3) is 5.69 Å². The van der Waals surface area contributed by atoms with Crippen molar-refractivity contribution < 1.29 is 14.5 Å². The van der Waals surface area contributed by atoms with Crippen LogP contribution in [0.3, 0.4) is 0 Å². The number of fused-ring (bicyclic) bond motifs is 1. The van der Waals surface area contributed by atoms with E-state index in [0.717, 1.165) is 10.9 Å². The predicted molar refractivity (Wildman–Crippen MR) is 107 cm³/mol. The first-order valence-electron chi connectivity index (χ1n) is 8.50. The van der Waals surface area contributed by atoms with Crippen LogP contribution in [-0.4, -0.2) is 29.1 Å². The van der Waals surface area contributed by atoms with E-state index in [4.69, 9.17) is 16.3 Å². The Hall–Kier alpha value is -3.39. The largest absolute Gasteiger partial charge is 0.491 e. The minimum atomic E-state index is -0.554. The number of nitrogens with one attached hydrogen (secondary N) is 2. The number of para-hydroxylation sites is 1. The number of carbonyl (C=O) groups excluding carboxylic acids is 1. The zero-order chi connectivity index (χ0) is 19.9. The lowest BCUT2D eigenvalue weighted by atomic mass is 10.2. The molecule has 0 fully saturated rings. The van der Waals surface area contributed by atoms with Gasteiger partial charge in [-0.25, -0.2) is 4.79 Å². The molecule has 0 saturated carbocycles. The topological polar surface area (TPSA) is 106 Å². The third-order valence-corrected chi connectivity index (χ3v) is 4.18. The number of nitro benzene ring substituents is 1. The SMILES string of the molecule is O=C(NCCCOc1cccc2cccnc12)Nc1ccc([N+](=O)[O-])cc1Cl. The van der Waals surface area contributed by atoms with Gasteiger partial charge in [0.2, 0.25) is 0 Å². The molecule has 0 spiro atoms. The molecule has 1 heterocycles. The van der Waals surface area contributed by atoms with Crippen molar-refractivity contribution in [2.75, 3.05) is 18.5 Å². The van der Waals surface area contributed by atoms with E-state index in [1.165, 1.54) is 18.2 Å².